The summed E-state index contributed by atoms with van der Waals surface area (Å²) in [5.41, 5.74) is 5.17. The number of aliphatic carboxylic acids is 1. The summed E-state index contributed by atoms with van der Waals surface area (Å²) in [5.74, 6) is -0.917. The summed E-state index contributed by atoms with van der Waals surface area (Å²) in [6.45, 7) is 12.5. The number of amides is 6. The predicted molar refractivity (Wildman–Crippen MR) is 117 cm³/mol. The van der Waals surface area contributed by atoms with Crippen LogP contribution in [0.5, 0.6) is 0 Å². The summed E-state index contributed by atoms with van der Waals surface area (Å²) < 4.78 is 0. The molecule has 0 fully saturated rings. The van der Waals surface area contributed by atoms with Gasteiger partial charge in [0.05, 0.1) is 6.42 Å². The molecule has 0 aromatic carbocycles. The van der Waals surface area contributed by atoms with Gasteiger partial charge in [0.25, 0.3) is 0 Å². The topological polar surface area (TPSA) is 187 Å². The lowest BCUT2D eigenvalue weighted by atomic mass is 10.4. The zero-order valence-corrected chi connectivity index (χ0v) is 19.2. The fourth-order valence-corrected chi connectivity index (χ4v) is 1.43. The van der Waals surface area contributed by atoms with Crippen LogP contribution in [0.3, 0.4) is 0 Å². The zero-order chi connectivity index (χ0) is 24.1. The van der Waals surface area contributed by atoms with Crippen molar-refractivity contribution >= 4 is 24.1 Å². The Morgan fingerprint density at radius 2 is 1.10 bits per heavy atom. The Hall–Kier alpha value is -2.76. The molecule has 30 heavy (non-hydrogen) atoms. The number of hydrogen-bond donors (Lipinski definition) is 8. The van der Waals surface area contributed by atoms with E-state index >= 15 is 0 Å². The zero-order valence-electron chi connectivity index (χ0n) is 19.2. The lowest BCUT2D eigenvalue weighted by Gasteiger charge is -2.08. The van der Waals surface area contributed by atoms with Crippen molar-refractivity contribution in [3.05, 3.63) is 0 Å². The molecule has 0 rings (SSSR count). The molecule has 0 unspecified atom stereocenters. The van der Waals surface area contributed by atoms with E-state index in [9.17, 15) is 19.2 Å². The van der Waals surface area contributed by atoms with E-state index in [0.29, 0.717) is 13.1 Å². The van der Waals surface area contributed by atoms with Crippen molar-refractivity contribution in [3.63, 3.8) is 0 Å². The van der Waals surface area contributed by atoms with Crippen molar-refractivity contribution in [2.24, 2.45) is 5.73 Å². The van der Waals surface area contributed by atoms with Crippen molar-refractivity contribution < 1.29 is 24.3 Å². The maximum absolute atomic E-state index is 10.8. The number of nitrogens with two attached hydrogens (primary N) is 1. The van der Waals surface area contributed by atoms with Gasteiger partial charge in [0.15, 0.2) is 0 Å². The fourth-order valence-electron chi connectivity index (χ4n) is 1.43. The first-order valence-electron chi connectivity index (χ1n) is 9.84. The van der Waals surface area contributed by atoms with E-state index in [2.05, 4.69) is 31.9 Å². The molecule has 9 N–H and O–H groups in total. The molecule has 0 spiro atoms. The maximum Gasteiger partial charge on any atom is 0.315 e. The van der Waals surface area contributed by atoms with Crippen LogP contribution in [0.2, 0.25) is 0 Å². The minimum atomic E-state index is -0.917. The first-order chi connectivity index (χ1) is 13.8. The Labute approximate surface area is 179 Å². The Balaban J connectivity index is -0.000000372. The number of urea groups is 3. The second-order valence-corrected chi connectivity index (χ2v) is 6.92. The van der Waals surface area contributed by atoms with E-state index in [1.54, 1.807) is 7.05 Å². The van der Waals surface area contributed by atoms with Gasteiger partial charge in [0, 0.05) is 44.8 Å². The van der Waals surface area contributed by atoms with Crippen molar-refractivity contribution in [3.8, 4) is 0 Å². The standard InChI is InChI=1S/C7H14N2O3.C6H15N3O.C5H12N2O/c1-5(2)9-7(12)8-4-3-6(10)11;1-5(2)9-6(10)8-4-3-7;1-4(2)7-5(8)6-3/h5H,3-4H2,1-2H3,(H,10,11)(H2,8,9,12);5H,3-4,7H2,1-2H3,(H2,8,9,10);4H,1-3H3,(H2,6,7,8). The minimum Gasteiger partial charge on any atom is -0.481 e. The van der Waals surface area contributed by atoms with Crippen LogP contribution >= 0.6 is 0 Å². The molecule has 0 radical (unpaired) electrons. The van der Waals surface area contributed by atoms with Crippen LogP contribution < -0.4 is 37.6 Å². The van der Waals surface area contributed by atoms with E-state index in [1.165, 1.54) is 0 Å². The molecule has 6 amide bonds. The largest absolute Gasteiger partial charge is 0.481 e. The van der Waals surface area contributed by atoms with Crippen LogP contribution in [0, 0.1) is 0 Å². The molecule has 0 saturated heterocycles. The van der Waals surface area contributed by atoms with E-state index in [1.807, 2.05) is 41.5 Å². The van der Waals surface area contributed by atoms with Crippen LogP contribution in [0.15, 0.2) is 0 Å². The van der Waals surface area contributed by atoms with E-state index in [4.69, 9.17) is 10.8 Å². The number of carboxylic acid groups (broad SMARTS) is 1. The average Bonchev–Trinajstić information content (AvgIpc) is 2.58. The van der Waals surface area contributed by atoms with Gasteiger partial charge in [-0.1, -0.05) is 0 Å². The number of nitrogens with one attached hydrogen (secondary N) is 6. The van der Waals surface area contributed by atoms with Gasteiger partial charge in [0.1, 0.15) is 0 Å². The van der Waals surface area contributed by atoms with Crippen molar-refractivity contribution in [1.29, 1.82) is 0 Å². The Kier molecular flexibility index (Phi) is 22.3. The van der Waals surface area contributed by atoms with Crippen LogP contribution in [0.1, 0.15) is 48.0 Å². The molecule has 178 valence electrons. The lowest BCUT2D eigenvalue weighted by Crippen LogP contribution is -2.41. The first kappa shape index (κ1) is 31.9. The van der Waals surface area contributed by atoms with E-state index in [0.717, 1.165) is 0 Å². The molecule has 0 aromatic rings. The summed E-state index contributed by atoms with van der Waals surface area (Å²) in [7, 11) is 1.59. The fraction of sp³-hybridized carbons (Fsp3) is 0.778. The molecule has 0 aliphatic rings. The third kappa shape index (κ3) is 32.9. The number of carbonyl (C=O) groups excluding carboxylic acids is 3. The highest BCUT2D eigenvalue weighted by Crippen LogP contribution is 1.78. The second-order valence-electron chi connectivity index (χ2n) is 6.92. The number of hydrogen-bond acceptors (Lipinski definition) is 5. The van der Waals surface area contributed by atoms with Gasteiger partial charge in [-0.2, -0.15) is 0 Å². The van der Waals surface area contributed by atoms with Crippen LogP contribution in [-0.4, -0.2) is 74.0 Å². The summed E-state index contributed by atoms with van der Waals surface area (Å²) in [4.78, 5) is 42.0. The highest BCUT2D eigenvalue weighted by atomic mass is 16.4. The minimum absolute atomic E-state index is 0.0501. The van der Waals surface area contributed by atoms with Gasteiger partial charge in [-0.3, -0.25) is 4.79 Å². The van der Waals surface area contributed by atoms with Crippen LogP contribution in [0.4, 0.5) is 14.4 Å². The summed E-state index contributed by atoms with van der Waals surface area (Å²) in [6, 6.07) is -0.144. The van der Waals surface area contributed by atoms with Gasteiger partial charge in [-0.25, -0.2) is 14.4 Å². The molecule has 12 heteroatoms. The van der Waals surface area contributed by atoms with Crippen molar-refractivity contribution in [1.82, 2.24) is 31.9 Å². The van der Waals surface area contributed by atoms with Gasteiger partial charge in [-0.05, 0) is 41.5 Å². The molecular weight excluding hydrogens is 394 g/mol. The second kappa shape index (κ2) is 21.0. The molecule has 0 heterocycles. The van der Waals surface area contributed by atoms with Gasteiger partial charge in [-0.15, -0.1) is 0 Å². The molecule has 0 saturated carbocycles. The molecule has 0 aromatic heterocycles. The monoisotopic (exact) mass is 435 g/mol. The molecule has 0 atom stereocenters. The lowest BCUT2D eigenvalue weighted by molar-refractivity contribution is -0.136. The van der Waals surface area contributed by atoms with E-state index < -0.39 is 5.97 Å². The molecule has 12 nitrogen and oxygen atoms in total. The van der Waals surface area contributed by atoms with Crippen molar-refractivity contribution in [2.75, 3.05) is 26.7 Å². The molecule has 0 aliphatic heterocycles. The third-order valence-electron chi connectivity index (χ3n) is 2.54. The quantitative estimate of drug-likeness (QED) is 0.268. The summed E-state index contributed by atoms with van der Waals surface area (Å²) in [5, 5.41) is 23.6. The van der Waals surface area contributed by atoms with Crippen molar-refractivity contribution in [2.45, 2.75) is 66.1 Å². The van der Waals surface area contributed by atoms with Gasteiger partial charge in [0.2, 0.25) is 0 Å². The maximum atomic E-state index is 10.8. The Morgan fingerprint density at radius 3 is 1.37 bits per heavy atom. The average molecular weight is 436 g/mol. The van der Waals surface area contributed by atoms with Gasteiger partial charge >= 0.3 is 24.1 Å². The number of rotatable bonds is 8. The Bertz CT molecular complexity index is 486. The SMILES string of the molecule is CC(C)NC(=O)NCCC(=O)O.CC(C)NC(=O)NCCN.CNC(=O)NC(C)C. The smallest absolute Gasteiger partial charge is 0.315 e. The normalized spacial score (nSPS) is 9.43. The van der Waals surface area contributed by atoms with E-state index in [-0.39, 0.29) is 49.2 Å². The number of carbonyl (C=O) groups is 4. The third-order valence-corrected chi connectivity index (χ3v) is 2.54. The molecule has 0 bridgehead atoms. The Morgan fingerprint density at radius 1 is 0.733 bits per heavy atom. The highest BCUT2D eigenvalue weighted by molar-refractivity contribution is 5.75. The van der Waals surface area contributed by atoms with Crippen LogP contribution in [0.25, 0.3) is 0 Å². The first-order valence-corrected chi connectivity index (χ1v) is 9.84. The number of carboxylic acids is 1. The molecular formula is C18H41N7O5. The van der Waals surface area contributed by atoms with Gasteiger partial charge < -0.3 is 42.7 Å². The highest BCUT2D eigenvalue weighted by Gasteiger charge is 2.02. The summed E-state index contributed by atoms with van der Waals surface area (Å²) >= 11 is 0. The predicted octanol–water partition coefficient (Wildman–Crippen LogP) is 0.145. The molecule has 0 aliphatic carbocycles. The summed E-state index contributed by atoms with van der Waals surface area (Å²) in [6.07, 6.45) is -0.0501. The van der Waals surface area contributed by atoms with Crippen LogP contribution in [-0.2, 0) is 4.79 Å².